The monoisotopic (exact) mass is 306 g/mol. The molecule has 5 nitrogen and oxygen atoms in total. The van der Waals surface area contributed by atoms with Gasteiger partial charge in [-0.2, -0.15) is 0 Å². The molecule has 1 atom stereocenters. The van der Waals surface area contributed by atoms with Crippen molar-refractivity contribution in [3.8, 4) is 0 Å². The third-order valence-electron chi connectivity index (χ3n) is 4.11. The Morgan fingerprint density at radius 3 is 2.33 bits per heavy atom. The number of benzene rings is 1. The molecule has 1 aromatic carbocycles. The largest absolute Gasteiger partial charge is 0.331 e. The van der Waals surface area contributed by atoms with Gasteiger partial charge in [-0.25, -0.2) is 4.79 Å². The summed E-state index contributed by atoms with van der Waals surface area (Å²) in [7, 11) is 0. The average Bonchev–Trinajstić information content (AvgIpc) is 2.38. The van der Waals surface area contributed by atoms with Gasteiger partial charge in [0, 0.05) is 11.1 Å². The highest BCUT2D eigenvalue weighted by molar-refractivity contribution is 6.30. The minimum absolute atomic E-state index is 0.101. The van der Waals surface area contributed by atoms with E-state index in [1.807, 2.05) is 0 Å². The maximum absolute atomic E-state index is 12.6. The van der Waals surface area contributed by atoms with Crippen LogP contribution in [0.15, 0.2) is 24.3 Å². The molecule has 0 radical (unpaired) electrons. The van der Waals surface area contributed by atoms with Gasteiger partial charge in [0.2, 0.25) is 11.8 Å². The minimum Gasteiger partial charge on any atom is -0.277 e. The summed E-state index contributed by atoms with van der Waals surface area (Å²) in [5.74, 6) is -1.49. The molecule has 110 valence electrons. The molecular formula is C15H15ClN2O3. The molecule has 1 N–H and O–H groups in total. The number of rotatable bonds is 2. The van der Waals surface area contributed by atoms with Gasteiger partial charge in [-0.1, -0.05) is 30.7 Å². The van der Waals surface area contributed by atoms with Crippen LogP contribution in [-0.4, -0.2) is 28.8 Å². The Bertz CT molecular complexity index is 608. The standard InChI is InChI=1S/C15H15ClN2O3/c1-8-6-11(7-8)18-14(20)12(13(19)17-15(18)21)9-2-4-10(16)5-3-9/h2-5,8,11-12H,6-7H2,1H3,(H,17,19,21). The zero-order valence-electron chi connectivity index (χ0n) is 11.5. The van der Waals surface area contributed by atoms with Gasteiger partial charge < -0.3 is 0 Å². The quantitative estimate of drug-likeness (QED) is 0.853. The summed E-state index contributed by atoms with van der Waals surface area (Å²) in [6, 6.07) is 5.83. The van der Waals surface area contributed by atoms with E-state index < -0.39 is 23.8 Å². The van der Waals surface area contributed by atoms with Crippen molar-refractivity contribution in [1.82, 2.24) is 10.2 Å². The van der Waals surface area contributed by atoms with Crippen molar-refractivity contribution < 1.29 is 14.4 Å². The summed E-state index contributed by atoms with van der Waals surface area (Å²) in [5.41, 5.74) is 0.548. The van der Waals surface area contributed by atoms with Crippen LogP contribution in [0.3, 0.4) is 0 Å². The van der Waals surface area contributed by atoms with Gasteiger partial charge in [-0.3, -0.25) is 19.8 Å². The molecule has 1 heterocycles. The summed E-state index contributed by atoms with van der Waals surface area (Å²) in [5, 5.41) is 2.81. The normalized spacial score (nSPS) is 29.1. The maximum atomic E-state index is 12.6. The van der Waals surface area contributed by atoms with Crippen LogP contribution in [0.2, 0.25) is 5.02 Å². The molecule has 1 aromatic rings. The second-order valence-corrected chi connectivity index (χ2v) is 6.15. The second-order valence-electron chi connectivity index (χ2n) is 5.72. The van der Waals surface area contributed by atoms with Crippen LogP contribution < -0.4 is 5.32 Å². The number of carbonyl (C=O) groups excluding carboxylic acids is 3. The molecule has 1 aliphatic heterocycles. The number of hydrogen-bond donors (Lipinski definition) is 1. The van der Waals surface area contributed by atoms with Crippen molar-refractivity contribution in [2.24, 2.45) is 5.92 Å². The summed E-state index contributed by atoms with van der Waals surface area (Å²) in [6.07, 6.45) is 1.58. The highest BCUT2D eigenvalue weighted by Crippen LogP contribution is 2.35. The summed E-state index contributed by atoms with van der Waals surface area (Å²) in [4.78, 5) is 37.8. The average molecular weight is 307 g/mol. The van der Waals surface area contributed by atoms with Crippen LogP contribution in [0.25, 0.3) is 0 Å². The topological polar surface area (TPSA) is 66.5 Å². The zero-order valence-corrected chi connectivity index (χ0v) is 12.3. The second kappa shape index (κ2) is 5.15. The van der Waals surface area contributed by atoms with Crippen molar-refractivity contribution in [2.75, 3.05) is 0 Å². The van der Waals surface area contributed by atoms with E-state index in [1.165, 1.54) is 4.90 Å². The van der Waals surface area contributed by atoms with Crippen LogP contribution in [-0.2, 0) is 9.59 Å². The molecule has 1 aliphatic carbocycles. The molecule has 4 amide bonds. The highest BCUT2D eigenvalue weighted by atomic mass is 35.5. The van der Waals surface area contributed by atoms with Crippen LogP contribution >= 0.6 is 11.6 Å². The van der Waals surface area contributed by atoms with Crippen molar-refractivity contribution >= 4 is 29.4 Å². The highest BCUT2D eigenvalue weighted by Gasteiger charge is 2.46. The molecule has 0 spiro atoms. The summed E-state index contributed by atoms with van der Waals surface area (Å²) >= 11 is 5.82. The maximum Gasteiger partial charge on any atom is 0.331 e. The molecule has 6 heteroatoms. The van der Waals surface area contributed by atoms with E-state index in [0.717, 1.165) is 12.8 Å². The Kier molecular flexibility index (Phi) is 3.45. The predicted molar refractivity (Wildman–Crippen MR) is 76.8 cm³/mol. The number of carbonyl (C=O) groups is 3. The molecule has 1 saturated heterocycles. The SMILES string of the molecule is CC1CC(N2C(=O)NC(=O)C(c3ccc(Cl)cc3)C2=O)C1. The molecule has 0 aromatic heterocycles. The number of barbiturate groups is 1. The van der Waals surface area contributed by atoms with Crippen LogP contribution in [0, 0.1) is 5.92 Å². The smallest absolute Gasteiger partial charge is 0.277 e. The third kappa shape index (κ3) is 2.42. The lowest BCUT2D eigenvalue weighted by molar-refractivity contribution is -0.141. The Hall–Kier alpha value is -1.88. The molecule has 1 unspecified atom stereocenters. The fourth-order valence-corrected chi connectivity index (χ4v) is 3.08. The van der Waals surface area contributed by atoms with E-state index in [1.54, 1.807) is 24.3 Å². The Labute approximate surface area is 127 Å². The first-order valence-electron chi connectivity index (χ1n) is 6.90. The van der Waals surface area contributed by atoms with E-state index in [9.17, 15) is 14.4 Å². The van der Waals surface area contributed by atoms with Crippen LogP contribution in [0.4, 0.5) is 4.79 Å². The molecule has 21 heavy (non-hydrogen) atoms. The number of amides is 4. The molecular weight excluding hydrogens is 292 g/mol. The van der Waals surface area contributed by atoms with Crippen LogP contribution in [0.5, 0.6) is 0 Å². The first-order valence-corrected chi connectivity index (χ1v) is 7.28. The molecule has 2 fully saturated rings. The molecule has 0 bridgehead atoms. The first kappa shape index (κ1) is 14.1. The predicted octanol–water partition coefficient (Wildman–Crippen LogP) is 2.30. The van der Waals surface area contributed by atoms with Crippen molar-refractivity contribution in [3.05, 3.63) is 34.9 Å². The summed E-state index contributed by atoms with van der Waals surface area (Å²) in [6.45, 7) is 2.07. The molecule has 1 saturated carbocycles. The zero-order chi connectivity index (χ0) is 15.1. The summed E-state index contributed by atoms with van der Waals surface area (Å²) < 4.78 is 0. The minimum atomic E-state index is -0.976. The Morgan fingerprint density at radius 1 is 1.14 bits per heavy atom. The van der Waals surface area contributed by atoms with Gasteiger partial charge in [0.1, 0.15) is 5.92 Å². The van der Waals surface area contributed by atoms with Crippen molar-refractivity contribution in [2.45, 2.75) is 31.7 Å². The fourth-order valence-electron chi connectivity index (χ4n) is 2.95. The van der Waals surface area contributed by atoms with Gasteiger partial charge >= 0.3 is 6.03 Å². The lowest BCUT2D eigenvalue weighted by atomic mass is 9.80. The van der Waals surface area contributed by atoms with Crippen molar-refractivity contribution in [1.29, 1.82) is 0 Å². The van der Waals surface area contributed by atoms with E-state index in [2.05, 4.69) is 12.2 Å². The number of hydrogen-bond acceptors (Lipinski definition) is 3. The lowest BCUT2D eigenvalue weighted by Crippen LogP contribution is -2.62. The van der Waals surface area contributed by atoms with Gasteiger partial charge in [-0.05, 0) is 36.5 Å². The Morgan fingerprint density at radius 2 is 1.76 bits per heavy atom. The van der Waals surface area contributed by atoms with Crippen molar-refractivity contribution in [3.63, 3.8) is 0 Å². The van der Waals surface area contributed by atoms with Gasteiger partial charge in [0.05, 0.1) is 0 Å². The van der Waals surface area contributed by atoms with E-state index in [0.29, 0.717) is 16.5 Å². The third-order valence-corrected chi connectivity index (χ3v) is 4.36. The van der Waals surface area contributed by atoms with Gasteiger partial charge in [0.25, 0.3) is 0 Å². The van der Waals surface area contributed by atoms with Gasteiger partial charge in [0.15, 0.2) is 0 Å². The number of halogens is 1. The van der Waals surface area contributed by atoms with Crippen LogP contribution in [0.1, 0.15) is 31.2 Å². The number of imide groups is 2. The molecule has 3 rings (SSSR count). The first-order chi connectivity index (χ1) is 9.97. The number of urea groups is 1. The number of nitrogens with one attached hydrogen (secondary N) is 1. The number of nitrogens with zero attached hydrogens (tertiary/aromatic N) is 1. The Balaban J connectivity index is 1.89. The van der Waals surface area contributed by atoms with E-state index >= 15 is 0 Å². The molecule has 2 aliphatic rings. The van der Waals surface area contributed by atoms with E-state index in [-0.39, 0.29) is 6.04 Å². The van der Waals surface area contributed by atoms with E-state index in [4.69, 9.17) is 11.6 Å². The lowest BCUT2D eigenvalue weighted by Gasteiger charge is -2.43. The van der Waals surface area contributed by atoms with Gasteiger partial charge in [-0.15, -0.1) is 0 Å². The fraction of sp³-hybridized carbons (Fsp3) is 0.400.